The van der Waals surface area contributed by atoms with Crippen LogP contribution in [0.3, 0.4) is 0 Å². The number of nitrogens with zero attached hydrogens (tertiary/aromatic N) is 1. The van der Waals surface area contributed by atoms with Crippen LogP contribution in [0, 0.1) is 0 Å². The van der Waals surface area contributed by atoms with Crippen molar-refractivity contribution in [3.63, 3.8) is 0 Å². The zero-order valence-electron chi connectivity index (χ0n) is 18.2. The maximum absolute atomic E-state index is 4.01. The fourth-order valence-electron chi connectivity index (χ4n) is 5.44. The van der Waals surface area contributed by atoms with Gasteiger partial charge in [0, 0.05) is 11.7 Å². The average molecular weight is 381 g/mol. The van der Waals surface area contributed by atoms with Gasteiger partial charge in [0.15, 0.2) is 0 Å². The van der Waals surface area contributed by atoms with Crippen LogP contribution in [0.15, 0.2) is 73.3 Å². The Morgan fingerprint density at radius 2 is 1.62 bits per heavy atom. The first-order valence-corrected chi connectivity index (χ1v) is 11.0. The Bertz CT molecular complexity index is 945. The normalized spacial score (nSPS) is 19.6. The maximum Gasteiger partial charge on any atom is 0.270 e. The molecule has 148 valence electrons. The highest BCUT2D eigenvalue weighted by Gasteiger charge is 2.42. The Kier molecular flexibility index (Phi) is 5.65. The first kappa shape index (κ1) is 20.0. The van der Waals surface area contributed by atoms with Crippen LogP contribution in [0.2, 0.25) is 0 Å². The molecule has 1 nitrogen and oxygen atoms in total. The van der Waals surface area contributed by atoms with Crippen LogP contribution >= 0.6 is 0 Å². The lowest BCUT2D eigenvalue weighted by Crippen LogP contribution is -2.51. The van der Waals surface area contributed by atoms with Crippen molar-refractivity contribution in [2.24, 2.45) is 0 Å². The van der Waals surface area contributed by atoms with Gasteiger partial charge in [0.25, 0.3) is 6.85 Å². The van der Waals surface area contributed by atoms with Gasteiger partial charge in [0.05, 0.1) is 0 Å². The van der Waals surface area contributed by atoms with Gasteiger partial charge in [-0.15, -0.1) is 6.58 Å². The van der Waals surface area contributed by atoms with E-state index < -0.39 is 0 Å². The Morgan fingerprint density at radius 3 is 2.31 bits per heavy atom. The summed E-state index contributed by atoms with van der Waals surface area (Å²) in [7, 11) is 0. The molecule has 0 radical (unpaired) electrons. The van der Waals surface area contributed by atoms with E-state index in [0.29, 0.717) is 30.7 Å². The second-order valence-corrected chi connectivity index (χ2v) is 8.93. The number of rotatable bonds is 7. The highest BCUT2D eigenvalue weighted by atomic mass is 15.1. The van der Waals surface area contributed by atoms with Crippen molar-refractivity contribution in [3.05, 3.63) is 95.6 Å². The highest BCUT2D eigenvalue weighted by molar-refractivity contribution is 6.79. The van der Waals surface area contributed by atoms with Gasteiger partial charge >= 0.3 is 0 Å². The predicted octanol–water partition coefficient (Wildman–Crippen LogP) is 6.74. The van der Waals surface area contributed by atoms with Gasteiger partial charge in [-0.3, -0.25) is 0 Å². The van der Waals surface area contributed by atoms with Crippen molar-refractivity contribution >= 4 is 18.4 Å². The maximum atomic E-state index is 4.01. The quantitative estimate of drug-likeness (QED) is 0.379. The second kappa shape index (κ2) is 8.20. The predicted molar refractivity (Wildman–Crippen MR) is 128 cm³/mol. The summed E-state index contributed by atoms with van der Waals surface area (Å²) in [4.78, 5) is 2.70. The minimum Gasteiger partial charge on any atom is -0.333 e. The molecule has 2 aliphatic rings. The third kappa shape index (κ3) is 3.55. The van der Waals surface area contributed by atoms with Crippen molar-refractivity contribution in [1.29, 1.82) is 0 Å². The molecule has 0 aliphatic heterocycles. The van der Waals surface area contributed by atoms with E-state index in [-0.39, 0.29) is 0 Å². The SMILES string of the molecule is C=CCC1C=C(B(C2C=Cc3ccccc32)N(C(C)C)C(C)C)c2ccccc21. The molecule has 0 N–H and O–H groups in total. The molecule has 0 saturated carbocycles. The van der Waals surface area contributed by atoms with E-state index in [1.165, 1.54) is 27.7 Å². The summed E-state index contributed by atoms with van der Waals surface area (Å²) in [6.45, 7) is 13.7. The lowest BCUT2D eigenvalue weighted by atomic mass is 9.42. The first-order valence-electron chi connectivity index (χ1n) is 11.0. The van der Waals surface area contributed by atoms with E-state index in [2.05, 4.69) is 112 Å². The van der Waals surface area contributed by atoms with Crippen molar-refractivity contribution < 1.29 is 0 Å². The molecular formula is C27H32BN. The van der Waals surface area contributed by atoms with Crippen LogP contribution in [-0.2, 0) is 0 Å². The summed E-state index contributed by atoms with van der Waals surface area (Å²) in [5, 5.41) is 0. The largest absolute Gasteiger partial charge is 0.333 e. The van der Waals surface area contributed by atoms with Gasteiger partial charge in [-0.25, -0.2) is 0 Å². The van der Waals surface area contributed by atoms with Crippen LogP contribution < -0.4 is 0 Å². The van der Waals surface area contributed by atoms with Gasteiger partial charge in [0.1, 0.15) is 0 Å². The second-order valence-electron chi connectivity index (χ2n) is 8.93. The first-order chi connectivity index (χ1) is 14.0. The van der Waals surface area contributed by atoms with Gasteiger partial charge in [0.2, 0.25) is 0 Å². The van der Waals surface area contributed by atoms with E-state index in [0.717, 1.165) is 6.42 Å². The molecule has 2 aromatic carbocycles. The number of allylic oxidation sites excluding steroid dienone is 3. The Morgan fingerprint density at radius 1 is 0.966 bits per heavy atom. The summed E-state index contributed by atoms with van der Waals surface area (Å²) in [5.41, 5.74) is 7.18. The number of fused-ring (bicyclic) bond motifs is 2. The molecule has 0 spiro atoms. The Balaban J connectivity index is 1.87. The zero-order chi connectivity index (χ0) is 20.5. The van der Waals surface area contributed by atoms with Crippen LogP contribution in [-0.4, -0.2) is 23.7 Å². The average Bonchev–Trinajstić information content (AvgIpc) is 3.28. The molecule has 0 aromatic heterocycles. The van der Waals surface area contributed by atoms with Gasteiger partial charge in [-0.05, 0) is 40.8 Å². The topological polar surface area (TPSA) is 3.24 Å². The van der Waals surface area contributed by atoms with E-state index in [9.17, 15) is 0 Å². The molecule has 0 fully saturated rings. The van der Waals surface area contributed by atoms with Crippen molar-refractivity contribution in [2.45, 2.75) is 57.9 Å². The van der Waals surface area contributed by atoms with Crippen LogP contribution in [0.4, 0.5) is 0 Å². The van der Waals surface area contributed by atoms with Crippen LogP contribution in [0.5, 0.6) is 0 Å². The minimum absolute atomic E-state index is 0.325. The smallest absolute Gasteiger partial charge is 0.270 e. The van der Waals surface area contributed by atoms with Gasteiger partial charge < -0.3 is 4.81 Å². The van der Waals surface area contributed by atoms with E-state index in [1.54, 1.807) is 0 Å². The molecule has 2 atom stereocenters. The molecule has 2 aliphatic carbocycles. The summed E-state index contributed by atoms with van der Waals surface area (Å²) < 4.78 is 0. The molecule has 2 unspecified atom stereocenters. The van der Waals surface area contributed by atoms with E-state index >= 15 is 0 Å². The zero-order valence-corrected chi connectivity index (χ0v) is 18.2. The fourth-order valence-corrected chi connectivity index (χ4v) is 5.44. The number of hydrogen-bond donors (Lipinski definition) is 0. The highest BCUT2D eigenvalue weighted by Crippen LogP contribution is 2.45. The summed E-state index contributed by atoms with van der Waals surface area (Å²) in [5.74, 6) is 0.806. The molecule has 2 aromatic rings. The van der Waals surface area contributed by atoms with Gasteiger partial charge in [-0.2, -0.15) is 0 Å². The minimum atomic E-state index is 0.325. The Hall–Kier alpha value is -2.32. The van der Waals surface area contributed by atoms with Crippen molar-refractivity contribution in [3.8, 4) is 0 Å². The Labute approximate surface area is 176 Å². The molecular weight excluding hydrogens is 349 g/mol. The molecule has 29 heavy (non-hydrogen) atoms. The number of benzene rings is 2. The third-order valence-electron chi connectivity index (χ3n) is 6.48. The van der Waals surface area contributed by atoms with E-state index in [1.807, 2.05) is 0 Å². The standard InChI is InChI=1S/C27H32BN/c1-6-11-22-18-27(25-15-10-9-13-23(22)25)28(29(19(2)3)20(4)5)26-17-16-21-12-7-8-14-24(21)26/h6-10,12-20,22,26H,1,11H2,2-5H3. The molecule has 4 rings (SSSR count). The lowest BCUT2D eigenvalue weighted by molar-refractivity contribution is 0.304. The summed E-state index contributed by atoms with van der Waals surface area (Å²) in [6, 6.07) is 18.8. The van der Waals surface area contributed by atoms with Crippen molar-refractivity contribution in [2.75, 3.05) is 0 Å². The lowest BCUT2D eigenvalue weighted by Gasteiger charge is -2.40. The summed E-state index contributed by atoms with van der Waals surface area (Å²) >= 11 is 0. The fraction of sp³-hybridized carbons (Fsp3) is 0.333. The summed E-state index contributed by atoms with van der Waals surface area (Å²) in [6.07, 6.45) is 10.3. The van der Waals surface area contributed by atoms with E-state index in [4.69, 9.17) is 0 Å². The number of hydrogen-bond acceptors (Lipinski definition) is 1. The van der Waals surface area contributed by atoms with Gasteiger partial charge in [-0.1, -0.05) is 106 Å². The monoisotopic (exact) mass is 381 g/mol. The molecule has 2 heteroatoms. The van der Waals surface area contributed by atoms with Crippen LogP contribution in [0.1, 0.15) is 68.1 Å². The van der Waals surface area contributed by atoms with Crippen LogP contribution in [0.25, 0.3) is 11.5 Å². The molecule has 0 amide bonds. The van der Waals surface area contributed by atoms with Crippen molar-refractivity contribution in [1.82, 2.24) is 4.81 Å². The molecule has 0 heterocycles. The molecule has 0 bridgehead atoms. The third-order valence-corrected chi connectivity index (χ3v) is 6.48. The molecule has 0 saturated heterocycles.